The average molecular weight is 284 g/mol. The minimum Gasteiger partial charge on any atom is -0.310 e. The molecule has 1 aromatic carbocycles. The van der Waals surface area contributed by atoms with E-state index in [1.54, 1.807) is 6.07 Å². The maximum absolute atomic E-state index is 6.20. The molecular weight excluding hydrogens is 265 g/mol. The van der Waals surface area contributed by atoms with Crippen LogP contribution in [0.5, 0.6) is 0 Å². The predicted octanol–water partition coefficient (Wildman–Crippen LogP) is 4.78. The Morgan fingerprint density at radius 1 is 1.39 bits per heavy atom. The van der Waals surface area contributed by atoms with Gasteiger partial charge in [-0.1, -0.05) is 54.8 Å². The fraction of sp³-hybridized carbons (Fsp3) is 0.467. The standard InChI is InChI=1S/C15H19Cl2N/c1-10(2)12(9-18-14-5-6-14)7-11-3-4-13(16)8-15(11)17/h3-4,7-8,10,14,18H,5-6,9H2,1-2H3. The number of halogens is 2. The SMILES string of the molecule is CC(C)C(=Cc1ccc(Cl)cc1Cl)CNC1CC1. The Hall–Kier alpha value is -0.500. The number of hydrogen-bond acceptors (Lipinski definition) is 1. The molecule has 0 aromatic heterocycles. The van der Waals surface area contributed by atoms with E-state index in [1.807, 2.05) is 12.1 Å². The molecule has 0 aliphatic heterocycles. The Bertz CT molecular complexity index is 448. The van der Waals surface area contributed by atoms with Crippen molar-refractivity contribution in [2.75, 3.05) is 6.54 Å². The van der Waals surface area contributed by atoms with Gasteiger partial charge >= 0.3 is 0 Å². The summed E-state index contributed by atoms with van der Waals surface area (Å²) in [6, 6.07) is 6.38. The first-order valence-corrected chi connectivity index (χ1v) is 7.20. The van der Waals surface area contributed by atoms with Crippen molar-refractivity contribution in [3.05, 3.63) is 39.4 Å². The quantitative estimate of drug-likeness (QED) is 0.820. The molecule has 3 heteroatoms. The molecule has 0 radical (unpaired) electrons. The van der Waals surface area contributed by atoms with Gasteiger partial charge in [0.1, 0.15) is 0 Å². The molecule has 2 rings (SSSR count). The molecule has 1 nitrogen and oxygen atoms in total. The fourth-order valence-electron chi connectivity index (χ4n) is 1.79. The molecule has 0 saturated heterocycles. The number of hydrogen-bond donors (Lipinski definition) is 1. The lowest BCUT2D eigenvalue weighted by atomic mass is 10.00. The van der Waals surface area contributed by atoms with Gasteiger partial charge in [-0.2, -0.15) is 0 Å². The van der Waals surface area contributed by atoms with E-state index in [0.29, 0.717) is 16.0 Å². The molecule has 1 aliphatic rings. The molecule has 0 atom stereocenters. The van der Waals surface area contributed by atoms with Crippen molar-refractivity contribution in [2.24, 2.45) is 5.92 Å². The van der Waals surface area contributed by atoms with Crippen LogP contribution in [0.15, 0.2) is 23.8 Å². The van der Waals surface area contributed by atoms with Crippen molar-refractivity contribution >= 4 is 29.3 Å². The lowest BCUT2D eigenvalue weighted by Gasteiger charge is -2.13. The molecule has 0 amide bonds. The molecule has 0 spiro atoms. The summed E-state index contributed by atoms with van der Waals surface area (Å²) in [6.07, 6.45) is 4.80. The summed E-state index contributed by atoms with van der Waals surface area (Å²) in [7, 11) is 0. The van der Waals surface area contributed by atoms with E-state index in [0.717, 1.165) is 18.2 Å². The van der Waals surface area contributed by atoms with Crippen LogP contribution in [-0.4, -0.2) is 12.6 Å². The monoisotopic (exact) mass is 283 g/mol. The van der Waals surface area contributed by atoms with E-state index in [-0.39, 0.29) is 0 Å². The zero-order chi connectivity index (χ0) is 13.1. The Morgan fingerprint density at radius 3 is 2.67 bits per heavy atom. The van der Waals surface area contributed by atoms with Gasteiger partial charge in [0, 0.05) is 22.6 Å². The van der Waals surface area contributed by atoms with E-state index in [9.17, 15) is 0 Å². The van der Waals surface area contributed by atoms with Crippen LogP contribution in [0.4, 0.5) is 0 Å². The van der Waals surface area contributed by atoms with Crippen molar-refractivity contribution in [1.82, 2.24) is 5.32 Å². The first kappa shape index (κ1) is 13.9. The smallest absolute Gasteiger partial charge is 0.0493 e. The second-order valence-corrected chi connectivity index (χ2v) is 6.04. The van der Waals surface area contributed by atoms with Gasteiger partial charge in [0.15, 0.2) is 0 Å². The zero-order valence-electron chi connectivity index (χ0n) is 10.8. The molecule has 1 saturated carbocycles. The number of nitrogens with one attached hydrogen (secondary N) is 1. The van der Waals surface area contributed by atoms with Crippen LogP contribution in [0.25, 0.3) is 6.08 Å². The summed E-state index contributed by atoms with van der Waals surface area (Å²) < 4.78 is 0. The third-order valence-corrected chi connectivity index (χ3v) is 3.78. The third-order valence-electron chi connectivity index (χ3n) is 3.22. The van der Waals surface area contributed by atoms with Gasteiger partial charge in [0.05, 0.1) is 0 Å². The molecule has 1 aromatic rings. The van der Waals surface area contributed by atoms with Gasteiger partial charge in [0.25, 0.3) is 0 Å². The van der Waals surface area contributed by atoms with Crippen molar-refractivity contribution in [2.45, 2.75) is 32.7 Å². The Kier molecular flexibility index (Phi) is 4.71. The van der Waals surface area contributed by atoms with E-state index in [1.165, 1.54) is 18.4 Å². The van der Waals surface area contributed by atoms with Crippen LogP contribution in [0.1, 0.15) is 32.3 Å². The lowest BCUT2D eigenvalue weighted by molar-refractivity contribution is 0.662. The van der Waals surface area contributed by atoms with Gasteiger partial charge in [-0.05, 0) is 36.5 Å². The molecule has 0 heterocycles. The number of benzene rings is 1. The van der Waals surface area contributed by atoms with Gasteiger partial charge in [-0.15, -0.1) is 0 Å². The van der Waals surface area contributed by atoms with Crippen molar-refractivity contribution in [3.8, 4) is 0 Å². The zero-order valence-corrected chi connectivity index (χ0v) is 12.4. The van der Waals surface area contributed by atoms with Gasteiger partial charge in [-0.25, -0.2) is 0 Å². The highest BCUT2D eigenvalue weighted by Crippen LogP contribution is 2.25. The molecule has 1 aliphatic carbocycles. The van der Waals surface area contributed by atoms with Crippen molar-refractivity contribution < 1.29 is 0 Å². The molecule has 1 fully saturated rings. The predicted molar refractivity (Wildman–Crippen MR) is 80.3 cm³/mol. The minimum atomic E-state index is 0.517. The first-order valence-electron chi connectivity index (χ1n) is 6.45. The average Bonchev–Trinajstić information content (AvgIpc) is 3.10. The number of rotatable bonds is 5. The van der Waals surface area contributed by atoms with Crippen LogP contribution >= 0.6 is 23.2 Å². The minimum absolute atomic E-state index is 0.517. The molecule has 18 heavy (non-hydrogen) atoms. The van der Waals surface area contributed by atoms with E-state index >= 15 is 0 Å². The third kappa shape index (κ3) is 4.01. The summed E-state index contributed by atoms with van der Waals surface area (Å²) in [4.78, 5) is 0. The molecule has 98 valence electrons. The van der Waals surface area contributed by atoms with E-state index in [2.05, 4.69) is 25.2 Å². The maximum Gasteiger partial charge on any atom is 0.0493 e. The molecule has 0 bridgehead atoms. The maximum atomic E-state index is 6.20. The van der Waals surface area contributed by atoms with Gasteiger partial charge in [0.2, 0.25) is 0 Å². The van der Waals surface area contributed by atoms with Gasteiger partial charge < -0.3 is 5.32 Å². The molecule has 1 N–H and O–H groups in total. The largest absolute Gasteiger partial charge is 0.310 e. The van der Waals surface area contributed by atoms with Crippen molar-refractivity contribution in [3.63, 3.8) is 0 Å². The fourth-order valence-corrected chi connectivity index (χ4v) is 2.25. The lowest BCUT2D eigenvalue weighted by Crippen LogP contribution is -2.21. The second kappa shape index (κ2) is 6.10. The van der Waals surface area contributed by atoms with Crippen molar-refractivity contribution in [1.29, 1.82) is 0 Å². The highest BCUT2D eigenvalue weighted by atomic mass is 35.5. The molecule has 0 unspecified atom stereocenters. The Morgan fingerprint density at radius 2 is 2.11 bits per heavy atom. The summed E-state index contributed by atoms with van der Waals surface area (Å²) in [5.74, 6) is 0.517. The summed E-state index contributed by atoms with van der Waals surface area (Å²) in [5, 5.41) is 4.95. The van der Waals surface area contributed by atoms with Crippen LogP contribution in [0.3, 0.4) is 0 Å². The highest BCUT2D eigenvalue weighted by molar-refractivity contribution is 6.35. The van der Waals surface area contributed by atoms with Crippen LogP contribution in [0.2, 0.25) is 10.0 Å². The Labute approximate surface area is 119 Å². The van der Waals surface area contributed by atoms with Crippen LogP contribution < -0.4 is 5.32 Å². The Balaban J connectivity index is 2.14. The normalized spacial score (nSPS) is 16.4. The highest BCUT2D eigenvalue weighted by Gasteiger charge is 2.20. The van der Waals surface area contributed by atoms with Crippen LogP contribution in [-0.2, 0) is 0 Å². The van der Waals surface area contributed by atoms with Gasteiger partial charge in [-0.3, -0.25) is 0 Å². The first-order chi connectivity index (χ1) is 8.56. The summed E-state index contributed by atoms with van der Waals surface area (Å²) in [5.41, 5.74) is 2.42. The second-order valence-electron chi connectivity index (χ2n) is 5.19. The van der Waals surface area contributed by atoms with E-state index < -0.39 is 0 Å². The topological polar surface area (TPSA) is 12.0 Å². The summed E-state index contributed by atoms with van der Waals surface area (Å²) >= 11 is 12.1. The van der Waals surface area contributed by atoms with Crippen LogP contribution in [0, 0.1) is 5.92 Å². The summed E-state index contributed by atoms with van der Waals surface area (Å²) in [6.45, 7) is 5.37. The molecular formula is C15H19Cl2N. The van der Waals surface area contributed by atoms with E-state index in [4.69, 9.17) is 23.2 Å².